The van der Waals surface area contributed by atoms with Gasteiger partial charge in [-0.1, -0.05) is 30.3 Å². The van der Waals surface area contributed by atoms with Gasteiger partial charge in [-0.3, -0.25) is 14.5 Å². The summed E-state index contributed by atoms with van der Waals surface area (Å²) in [5.74, 6) is -0.125. The number of amides is 1. The zero-order valence-electron chi connectivity index (χ0n) is 17.0. The molecule has 7 nitrogen and oxygen atoms in total. The van der Waals surface area contributed by atoms with Crippen molar-refractivity contribution in [3.63, 3.8) is 0 Å². The van der Waals surface area contributed by atoms with Gasteiger partial charge < -0.3 is 9.64 Å². The van der Waals surface area contributed by atoms with Crippen LogP contribution in [0.25, 0.3) is 0 Å². The van der Waals surface area contributed by atoms with Crippen molar-refractivity contribution in [3.8, 4) is 0 Å². The Kier molecular flexibility index (Phi) is 5.40. The predicted octanol–water partition coefficient (Wildman–Crippen LogP) is 2.86. The molecule has 1 atom stereocenters. The Morgan fingerprint density at radius 1 is 1.14 bits per heavy atom. The zero-order chi connectivity index (χ0) is 20.4. The van der Waals surface area contributed by atoms with E-state index in [1.165, 1.54) is 5.56 Å². The number of hydrogen-bond acceptors (Lipinski definition) is 5. The molecule has 3 aromatic rings. The van der Waals surface area contributed by atoms with Gasteiger partial charge in [0.15, 0.2) is 0 Å². The van der Waals surface area contributed by atoms with E-state index in [1.54, 1.807) is 12.4 Å². The predicted molar refractivity (Wildman–Crippen MR) is 109 cm³/mol. The van der Waals surface area contributed by atoms with Crippen LogP contribution >= 0.6 is 0 Å². The van der Waals surface area contributed by atoms with Gasteiger partial charge in [0.25, 0.3) is 5.91 Å². The summed E-state index contributed by atoms with van der Waals surface area (Å²) in [6, 6.07) is 10.0. The normalized spacial score (nSPS) is 16.8. The summed E-state index contributed by atoms with van der Waals surface area (Å²) in [6.45, 7) is 8.07. The van der Waals surface area contributed by atoms with E-state index in [9.17, 15) is 4.79 Å². The van der Waals surface area contributed by atoms with Gasteiger partial charge in [0, 0.05) is 24.0 Å². The van der Waals surface area contributed by atoms with Crippen LogP contribution in [0.15, 0.2) is 42.7 Å². The van der Waals surface area contributed by atoms with Crippen molar-refractivity contribution in [1.82, 2.24) is 24.6 Å². The number of ether oxygens (including phenoxy) is 1. The van der Waals surface area contributed by atoms with E-state index in [0.717, 1.165) is 22.6 Å². The van der Waals surface area contributed by atoms with Crippen LogP contribution in [-0.4, -0.2) is 50.3 Å². The van der Waals surface area contributed by atoms with Gasteiger partial charge in [-0.25, -0.2) is 4.98 Å². The Morgan fingerprint density at radius 2 is 1.93 bits per heavy atom. The lowest BCUT2D eigenvalue weighted by Crippen LogP contribution is -2.44. The van der Waals surface area contributed by atoms with E-state index in [-0.39, 0.29) is 11.9 Å². The molecule has 150 valence electrons. The van der Waals surface area contributed by atoms with Gasteiger partial charge in [-0.2, -0.15) is 5.10 Å². The molecule has 7 heteroatoms. The number of carbonyl (C=O) groups excluding carboxylic acids is 1. The van der Waals surface area contributed by atoms with Crippen molar-refractivity contribution in [1.29, 1.82) is 0 Å². The summed E-state index contributed by atoms with van der Waals surface area (Å²) in [6.07, 6.45) is 3.17. The number of morpholine rings is 1. The van der Waals surface area contributed by atoms with E-state index >= 15 is 0 Å². The Hall–Kier alpha value is -3.06. The summed E-state index contributed by atoms with van der Waals surface area (Å²) < 4.78 is 7.75. The van der Waals surface area contributed by atoms with Gasteiger partial charge in [0.2, 0.25) is 0 Å². The Bertz CT molecular complexity index is 998. The second-order valence-electron chi connectivity index (χ2n) is 7.36. The first-order chi connectivity index (χ1) is 14.0. The maximum Gasteiger partial charge on any atom is 0.274 e. The molecule has 3 heterocycles. The van der Waals surface area contributed by atoms with Crippen LogP contribution in [0.4, 0.5) is 0 Å². The summed E-state index contributed by atoms with van der Waals surface area (Å²) in [7, 11) is 0. The van der Waals surface area contributed by atoms with E-state index in [1.807, 2.05) is 41.6 Å². The minimum Gasteiger partial charge on any atom is -0.377 e. The molecule has 2 aromatic heterocycles. The standard InChI is InChI=1S/C22H25N5O2/c1-15-11-24-19(12-23-15)22(28)26-9-10-29-14-20(26)21-16(2)25-27(17(21)3)13-18-7-5-4-6-8-18/h4-8,11-12,20H,9-10,13-14H2,1-3H3. The molecule has 1 aliphatic heterocycles. The molecule has 1 amide bonds. The molecule has 0 N–H and O–H groups in total. The lowest BCUT2D eigenvalue weighted by Gasteiger charge is -2.35. The third kappa shape index (κ3) is 3.91. The van der Waals surface area contributed by atoms with Crippen molar-refractivity contribution in [2.45, 2.75) is 33.4 Å². The lowest BCUT2D eigenvalue weighted by molar-refractivity contribution is -0.00339. The molecule has 1 aliphatic rings. The summed E-state index contributed by atoms with van der Waals surface area (Å²) >= 11 is 0. The fraction of sp³-hybridized carbons (Fsp3) is 0.364. The van der Waals surface area contributed by atoms with Gasteiger partial charge in [-0.15, -0.1) is 0 Å². The van der Waals surface area contributed by atoms with Crippen molar-refractivity contribution < 1.29 is 9.53 Å². The van der Waals surface area contributed by atoms with Gasteiger partial charge in [0.1, 0.15) is 5.69 Å². The highest BCUT2D eigenvalue weighted by molar-refractivity contribution is 5.92. The third-order valence-electron chi connectivity index (χ3n) is 5.34. The molecule has 0 saturated carbocycles. The minimum absolute atomic E-state index is 0.125. The Morgan fingerprint density at radius 3 is 2.66 bits per heavy atom. The average molecular weight is 391 g/mol. The summed E-state index contributed by atoms with van der Waals surface area (Å²) in [5, 5.41) is 4.75. The molecule has 0 radical (unpaired) electrons. The molecule has 0 bridgehead atoms. The number of benzene rings is 1. The van der Waals surface area contributed by atoms with Crippen LogP contribution in [-0.2, 0) is 11.3 Å². The maximum atomic E-state index is 13.2. The summed E-state index contributed by atoms with van der Waals surface area (Å²) in [5.41, 5.74) is 5.35. The van der Waals surface area contributed by atoms with E-state index in [2.05, 4.69) is 29.0 Å². The van der Waals surface area contributed by atoms with Crippen molar-refractivity contribution in [3.05, 3.63) is 76.6 Å². The minimum atomic E-state index is -0.191. The molecule has 29 heavy (non-hydrogen) atoms. The van der Waals surface area contributed by atoms with Crippen LogP contribution in [0.3, 0.4) is 0 Å². The zero-order valence-corrected chi connectivity index (χ0v) is 17.0. The number of carbonyl (C=O) groups is 1. The van der Waals surface area contributed by atoms with Crippen LogP contribution in [0.1, 0.15) is 44.7 Å². The molecule has 0 aliphatic carbocycles. The van der Waals surface area contributed by atoms with Crippen LogP contribution in [0.2, 0.25) is 0 Å². The van der Waals surface area contributed by atoms with Gasteiger partial charge >= 0.3 is 0 Å². The molecular formula is C22H25N5O2. The lowest BCUT2D eigenvalue weighted by atomic mass is 10.0. The van der Waals surface area contributed by atoms with Crippen LogP contribution in [0.5, 0.6) is 0 Å². The first-order valence-electron chi connectivity index (χ1n) is 9.80. The van der Waals surface area contributed by atoms with Gasteiger partial charge in [-0.05, 0) is 26.3 Å². The molecular weight excluding hydrogens is 366 g/mol. The Balaban J connectivity index is 1.65. The molecule has 1 saturated heterocycles. The van der Waals surface area contributed by atoms with E-state index in [0.29, 0.717) is 32.0 Å². The first kappa shape index (κ1) is 19.3. The van der Waals surface area contributed by atoms with Crippen LogP contribution < -0.4 is 0 Å². The van der Waals surface area contributed by atoms with Crippen LogP contribution in [0, 0.1) is 20.8 Å². The fourth-order valence-corrected chi connectivity index (χ4v) is 3.84. The largest absolute Gasteiger partial charge is 0.377 e. The van der Waals surface area contributed by atoms with Crippen molar-refractivity contribution in [2.75, 3.05) is 19.8 Å². The number of aryl methyl sites for hydroxylation is 2. The summed E-state index contributed by atoms with van der Waals surface area (Å²) in [4.78, 5) is 23.5. The molecule has 4 rings (SSSR count). The van der Waals surface area contributed by atoms with E-state index < -0.39 is 0 Å². The quantitative estimate of drug-likeness (QED) is 0.684. The van der Waals surface area contributed by atoms with E-state index in [4.69, 9.17) is 9.84 Å². The number of rotatable bonds is 4. The molecule has 1 unspecified atom stereocenters. The molecule has 0 spiro atoms. The number of nitrogens with zero attached hydrogens (tertiary/aromatic N) is 5. The van der Waals surface area contributed by atoms with Gasteiger partial charge in [0.05, 0.1) is 43.4 Å². The van der Waals surface area contributed by atoms with Crippen molar-refractivity contribution in [2.24, 2.45) is 0 Å². The third-order valence-corrected chi connectivity index (χ3v) is 5.34. The second-order valence-corrected chi connectivity index (χ2v) is 7.36. The topological polar surface area (TPSA) is 73.1 Å². The monoisotopic (exact) mass is 391 g/mol. The first-order valence-corrected chi connectivity index (χ1v) is 9.80. The smallest absolute Gasteiger partial charge is 0.274 e. The fourth-order valence-electron chi connectivity index (χ4n) is 3.84. The highest BCUT2D eigenvalue weighted by atomic mass is 16.5. The number of aromatic nitrogens is 4. The molecule has 1 aromatic carbocycles. The van der Waals surface area contributed by atoms with Crippen molar-refractivity contribution >= 4 is 5.91 Å². The highest BCUT2D eigenvalue weighted by Gasteiger charge is 2.33. The second kappa shape index (κ2) is 8.13. The highest BCUT2D eigenvalue weighted by Crippen LogP contribution is 2.30. The molecule has 1 fully saturated rings. The Labute approximate surface area is 170 Å². The maximum absolute atomic E-state index is 13.2. The number of hydrogen-bond donors (Lipinski definition) is 0. The average Bonchev–Trinajstić information content (AvgIpc) is 3.01. The SMILES string of the molecule is Cc1cnc(C(=O)N2CCOCC2c2c(C)nn(Cc3ccccc3)c2C)cn1.